The van der Waals surface area contributed by atoms with Gasteiger partial charge in [-0.1, -0.05) is 17.7 Å². The van der Waals surface area contributed by atoms with Gasteiger partial charge in [-0.15, -0.1) is 0 Å². The SMILES string of the molecule is Clc1cccc(N2CCN(C3CCCNC3)CC2)c1. The Morgan fingerprint density at radius 1 is 1.16 bits per heavy atom. The molecule has 0 aliphatic carbocycles. The van der Waals surface area contributed by atoms with Gasteiger partial charge in [0, 0.05) is 49.5 Å². The van der Waals surface area contributed by atoms with Crippen LogP contribution in [0.3, 0.4) is 0 Å². The molecule has 2 heterocycles. The molecule has 0 radical (unpaired) electrons. The van der Waals surface area contributed by atoms with Crippen LogP contribution in [0.15, 0.2) is 24.3 Å². The van der Waals surface area contributed by atoms with Crippen molar-refractivity contribution in [1.82, 2.24) is 10.2 Å². The largest absolute Gasteiger partial charge is 0.369 e. The van der Waals surface area contributed by atoms with E-state index < -0.39 is 0 Å². The highest BCUT2D eigenvalue weighted by atomic mass is 35.5. The van der Waals surface area contributed by atoms with Crippen molar-refractivity contribution in [3.05, 3.63) is 29.3 Å². The molecule has 0 aromatic heterocycles. The third kappa shape index (κ3) is 3.22. The molecule has 1 aromatic carbocycles. The number of hydrogen-bond acceptors (Lipinski definition) is 3. The molecule has 0 bridgehead atoms. The lowest BCUT2D eigenvalue weighted by molar-refractivity contribution is 0.157. The summed E-state index contributed by atoms with van der Waals surface area (Å²) in [5.74, 6) is 0. The zero-order valence-corrected chi connectivity index (χ0v) is 12.1. The Hall–Kier alpha value is -0.770. The summed E-state index contributed by atoms with van der Waals surface area (Å²) in [4.78, 5) is 5.09. The molecule has 19 heavy (non-hydrogen) atoms. The van der Waals surface area contributed by atoms with E-state index in [2.05, 4.69) is 27.2 Å². The quantitative estimate of drug-likeness (QED) is 0.896. The van der Waals surface area contributed by atoms with Crippen molar-refractivity contribution in [1.29, 1.82) is 0 Å². The second kappa shape index (κ2) is 6.12. The van der Waals surface area contributed by atoms with E-state index >= 15 is 0 Å². The van der Waals surface area contributed by atoms with E-state index in [9.17, 15) is 0 Å². The van der Waals surface area contributed by atoms with Crippen LogP contribution in [0.25, 0.3) is 0 Å². The lowest BCUT2D eigenvalue weighted by atomic mass is 10.0. The van der Waals surface area contributed by atoms with Crippen molar-refractivity contribution in [2.24, 2.45) is 0 Å². The topological polar surface area (TPSA) is 18.5 Å². The van der Waals surface area contributed by atoms with Gasteiger partial charge in [0.1, 0.15) is 0 Å². The van der Waals surface area contributed by atoms with E-state index in [4.69, 9.17) is 11.6 Å². The average molecular weight is 280 g/mol. The molecule has 0 amide bonds. The first-order valence-electron chi connectivity index (χ1n) is 7.28. The molecule has 0 saturated carbocycles. The number of benzene rings is 1. The second-order valence-electron chi connectivity index (χ2n) is 5.50. The van der Waals surface area contributed by atoms with Crippen molar-refractivity contribution in [2.45, 2.75) is 18.9 Å². The van der Waals surface area contributed by atoms with E-state index in [1.54, 1.807) is 0 Å². The Labute approximate surface area is 120 Å². The zero-order valence-electron chi connectivity index (χ0n) is 11.3. The molecule has 1 aromatic rings. The fourth-order valence-corrected chi connectivity index (χ4v) is 3.35. The summed E-state index contributed by atoms with van der Waals surface area (Å²) in [5.41, 5.74) is 1.26. The normalized spacial score (nSPS) is 25.5. The summed E-state index contributed by atoms with van der Waals surface area (Å²) in [6.45, 7) is 6.90. The first kappa shape index (κ1) is 13.2. The molecular weight excluding hydrogens is 258 g/mol. The van der Waals surface area contributed by atoms with Gasteiger partial charge in [-0.05, 0) is 37.6 Å². The number of rotatable bonds is 2. The summed E-state index contributed by atoms with van der Waals surface area (Å²) in [6, 6.07) is 8.95. The van der Waals surface area contributed by atoms with E-state index in [-0.39, 0.29) is 0 Å². The maximum Gasteiger partial charge on any atom is 0.0426 e. The molecule has 3 nitrogen and oxygen atoms in total. The zero-order chi connectivity index (χ0) is 13.1. The van der Waals surface area contributed by atoms with Gasteiger partial charge in [0.2, 0.25) is 0 Å². The lowest BCUT2D eigenvalue weighted by Crippen LogP contribution is -2.54. The summed E-state index contributed by atoms with van der Waals surface area (Å²) < 4.78 is 0. The first-order chi connectivity index (χ1) is 9.33. The van der Waals surface area contributed by atoms with Crippen LogP contribution in [0.5, 0.6) is 0 Å². The van der Waals surface area contributed by atoms with Crippen molar-refractivity contribution in [3.8, 4) is 0 Å². The Morgan fingerprint density at radius 2 is 2.00 bits per heavy atom. The van der Waals surface area contributed by atoms with Gasteiger partial charge >= 0.3 is 0 Å². The van der Waals surface area contributed by atoms with E-state index in [1.807, 2.05) is 12.1 Å². The minimum atomic E-state index is 0.746. The highest BCUT2D eigenvalue weighted by Crippen LogP contribution is 2.22. The molecule has 1 N–H and O–H groups in total. The van der Waals surface area contributed by atoms with Crippen LogP contribution in [-0.4, -0.2) is 50.2 Å². The van der Waals surface area contributed by atoms with Crippen molar-refractivity contribution < 1.29 is 0 Å². The number of piperazine rings is 1. The van der Waals surface area contributed by atoms with Gasteiger partial charge in [-0.25, -0.2) is 0 Å². The molecule has 2 fully saturated rings. The Bertz CT molecular complexity index is 410. The standard InChI is InChI=1S/C15H22ClN3/c16-13-3-1-4-14(11-13)18-7-9-19(10-8-18)15-5-2-6-17-12-15/h1,3-4,11,15,17H,2,5-10,12H2. The molecule has 2 aliphatic heterocycles. The van der Waals surface area contributed by atoms with Crippen LogP contribution >= 0.6 is 11.6 Å². The molecule has 3 rings (SSSR count). The first-order valence-corrected chi connectivity index (χ1v) is 7.66. The number of anilines is 1. The minimum Gasteiger partial charge on any atom is -0.369 e. The molecule has 2 saturated heterocycles. The van der Waals surface area contributed by atoms with Gasteiger partial charge in [0.15, 0.2) is 0 Å². The molecule has 2 aliphatic rings. The van der Waals surface area contributed by atoms with Crippen LogP contribution in [0.1, 0.15) is 12.8 Å². The monoisotopic (exact) mass is 279 g/mol. The van der Waals surface area contributed by atoms with Crippen molar-refractivity contribution in [3.63, 3.8) is 0 Å². The fraction of sp³-hybridized carbons (Fsp3) is 0.600. The predicted octanol–water partition coefficient (Wildman–Crippen LogP) is 2.21. The highest BCUT2D eigenvalue weighted by Gasteiger charge is 2.25. The van der Waals surface area contributed by atoms with E-state index in [0.717, 1.165) is 30.7 Å². The number of nitrogens with zero attached hydrogens (tertiary/aromatic N) is 2. The van der Waals surface area contributed by atoms with E-state index in [1.165, 1.54) is 38.2 Å². The smallest absolute Gasteiger partial charge is 0.0426 e. The Balaban J connectivity index is 1.57. The molecule has 0 spiro atoms. The number of piperidine rings is 1. The highest BCUT2D eigenvalue weighted by molar-refractivity contribution is 6.30. The van der Waals surface area contributed by atoms with Crippen LogP contribution in [0, 0.1) is 0 Å². The summed E-state index contributed by atoms with van der Waals surface area (Å²) in [5, 5.41) is 4.34. The van der Waals surface area contributed by atoms with Crippen LogP contribution in [0.4, 0.5) is 5.69 Å². The maximum atomic E-state index is 6.07. The minimum absolute atomic E-state index is 0.746. The van der Waals surface area contributed by atoms with Gasteiger partial charge in [-0.3, -0.25) is 4.90 Å². The Morgan fingerprint density at radius 3 is 2.68 bits per heavy atom. The molecule has 104 valence electrons. The summed E-state index contributed by atoms with van der Waals surface area (Å²) >= 11 is 6.07. The fourth-order valence-electron chi connectivity index (χ4n) is 3.16. The maximum absolute atomic E-state index is 6.07. The molecule has 1 atom stereocenters. The third-order valence-electron chi connectivity index (χ3n) is 4.27. The van der Waals surface area contributed by atoms with E-state index in [0.29, 0.717) is 0 Å². The van der Waals surface area contributed by atoms with Gasteiger partial charge in [0.05, 0.1) is 0 Å². The predicted molar refractivity (Wildman–Crippen MR) is 81.1 cm³/mol. The third-order valence-corrected chi connectivity index (χ3v) is 4.51. The molecule has 4 heteroatoms. The van der Waals surface area contributed by atoms with Gasteiger partial charge in [-0.2, -0.15) is 0 Å². The number of nitrogens with one attached hydrogen (secondary N) is 1. The summed E-state index contributed by atoms with van der Waals surface area (Å²) in [7, 11) is 0. The lowest BCUT2D eigenvalue weighted by Gasteiger charge is -2.41. The summed E-state index contributed by atoms with van der Waals surface area (Å²) in [6.07, 6.45) is 2.67. The second-order valence-corrected chi connectivity index (χ2v) is 5.94. The van der Waals surface area contributed by atoms with Crippen molar-refractivity contribution >= 4 is 17.3 Å². The van der Waals surface area contributed by atoms with Crippen LogP contribution in [0.2, 0.25) is 5.02 Å². The average Bonchev–Trinajstić information content (AvgIpc) is 2.48. The Kier molecular flexibility index (Phi) is 4.26. The van der Waals surface area contributed by atoms with Gasteiger partial charge in [0.25, 0.3) is 0 Å². The number of hydrogen-bond donors (Lipinski definition) is 1. The molecular formula is C15H22ClN3. The van der Waals surface area contributed by atoms with Crippen LogP contribution < -0.4 is 10.2 Å². The molecule has 1 unspecified atom stereocenters. The number of halogens is 1. The van der Waals surface area contributed by atoms with Crippen LogP contribution in [-0.2, 0) is 0 Å². The van der Waals surface area contributed by atoms with Crippen molar-refractivity contribution in [2.75, 3.05) is 44.2 Å². The van der Waals surface area contributed by atoms with Gasteiger partial charge < -0.3 is 10.2 Å².